The molecule has 1 aromatic carbocycles. The quantitative estimate of drug-likeness (QED) is 0.554. The van der Waals surface area contributed by atoms with E-state index in [0.29, 0.717) is 29.9 Å². The zero-order valence-corrected chi connectivity index (χ0v) is 17.7. The predicted octanol–water partition coefficient (Wildman–Crippen LogP) is 4.46. The first-order chi connectivity index (χ1) is 13.4. The number of nitrogens with zero attached hydrogens (tertiary/aromatic N) is 3. The average molecular weight is 436 g/mol. The number of hydrogen-bond acceptors (Lipinski definition) is 6. The van der Waals surface area contributed by atoms with Crippen molar-refractivity contribution < 1.29 is 13.2 Å². The Morgan fingerprint density at radius 1 is 1.32 bits per heavy atom. The summed E-state index contributed by atoms with van der Waals surface area (Å²) in [5.41, 5.74) is 2.01. The third-order valence-electron chi connectivity index (χ3n) is 4.47. The smallest absolute Gasteiger partial charge is 0.247 e. The number of para-hydroxylation sites is 1. The second kappa shape index (κ2) is 7.35. The first kappa shape index (κ1) is 19.2. The van der Waals surface area contributed by atoms with Gasteiger partial charge in [0.15, 0.2) is 0 Å². The Hall–Kier alpha value is -2.16. The van der Waals surface area contributed by atoms with E-state index in [9.17, 15) is 8.42 Å². The largest absolute Gasteiger partial charge is 0.492 e. The molecule has 146 valence electrons. The zero-order chi connectivity index (χ0) is 19.9. The summed E-state index contributed by atoms with van der Waals surface area (Å²) in [4.78, 5) is 5.46. The first-order valence-corrected chi connectivity index (χ1v) is 11.8. The van der Waals surface area contributed by atoms with Gasteiger partial charge in [-0.25, -0.2) is 13.4 Å². The van der Waals surface area contributed by atoms with Crippen molar-refractivity contribution in [3.8, 4) is 5.75 Å². The zero-order valence-electron chi connectivity index (χ0n) is 15.3. The van der Waals surface area contributed by atoms with Gasteiger partial charge in [-0.1, -0.05) is 29.8 Å². The van der Waals surface area contributed by atoms with E-state index < -0.39 is 16.1 Å². The minimum Gasteiger partial charge on any atom is -0.492 e. The lowest BCUT2D eigenvalue weighted by Gasteiger charge is -2.22. The third-order valence-corrected chi connectivity index (χ3v) is 6.70. The molecule has 0 unspecified atom stereocenters. The van der Waals surface area contributed by atoms with Crippen LogP contribution in [0.5, 0.6) is 5.75 Å². The fourth-order valence-electron chi connectivity index (χ4n) is 3.29. The van der Waals surface area contributed by atoms with E-state index in [1.54, 1.807) is 0 Å². The van der Waals surface area contributed by atoms with Crippen molar-refractivity contribution in [1.29, 1.82) is 0 Å². The first-order valence-electron chi connectivity index (χ1n) is 8.71. The van der Waals surface area contributed by atoms with Crippen LogP contribution in [0.3, 0.4) is 0 Å². The SMILES string of the molecule is CCOc1cccc2cc([C@@H]3CC(c4cccs4)=NN3S(C)(=O)=O)c(Cl)nc12. The Balaban J connectivity index is 1.81. The van der Waals surface area contributed by atoms with Crippen LogP contribution in [0.2, 0.25) is 5.15 Å². The van der Waals surface area contributed by atoms with Gasteiger partial charge in [0, 0.05) is 17.4 Å². The van der Waals surface area contributed by atoms with Crippen molar-refractivity contribution in [2.24, 2.45) is 5.10 Å². The van der Waals surface area contributed by atoms with Gasteiger partial charge in [-0.05, 0) is 30.5 Å². The van der Waals surface area contributed by atoms with Crippen LogP contribution in [0.15, 0.2) is 46.9 Å². The number of benzene rings is 1. The topological polar surface area (TPSA) is 71.9 Å². The number of ether oxygens (including phenoxy) is 1. The molecule has 0 bridgehead atoms. The van der Waals surface area contributed by atoms with E-state index in [1.807, 2.05) is 48.7 Å². The van der Waals surface area contributed by atoms with E-state index in [0.717, 1.165) is 26.6 Å². The molecule has 0 saturated carbocycles. The van der Waals surface area contributed by atoms with Gasteiger partial charge in [-0.15, -0.1) is 11.3 Å². The molecule has 9 heteroatoms. The maximum absolute atomic E-state index is 12.4. The second-order valence-electron chi connectivity index (χ2n) is 6.41. The number of aromatic nitrogens is 1. The maximum Gasteiger partial charge on any atom is 0.247 e. The van der Waals surface area contributed by atoms with Crippen LogP contribution in [-0.4, -0.2) is 36.4 Å². The van der Waals surface area contributed by atoms with Crippen molar-refractivity contribution in [3.05, 3.63) is 57.4 Å². The lowest BCUT2D eigenvalue weighted by atomic mass is 10.0. The third kappa shape index (κ3) is 3.47. The summed E-state index contributed by atoms with van der Waals surface area (Å²) in [5.74, 6) is 0.648. The molecule has 1 atom stereocenters. The molecular formula is C19H18ClN3O3S2. The van der Waals surface area contributed by atoms with Crippen LogP contribution in [-0.2, 0) is 10.0 Å². The standard InChI is InChI=1S/C19H18ClN3O3S2/c1-3-26-16-7-4-6-12-10-13(19(20)21-18(12)16)15-11-14(17-8-5-9-27-17)22-23(15)28(2,24)25/h4-10,15H,3,11H2,1-2H3/t15-/m0/s1. The van der Waals surface area contributed by atoms with Gasteiger partial charge in [-0.2, -0.15) is 9.52 Å². The van der Waals surface area contributed by atoms with Gasteiger partial charge in [0.2, 0.25) is 10.0 Å². The molecular weight excluding hydrogens is 418 g/mol. The number of rotatable bonds is 5. The average Bonchev–Trinajstić information content (AvgIpc) is 3.31. The van der Waals surface area contributed by atoms with Gasteiger partial charge in [0.25, 0.3) is 0 Å². The van der Waals surface area contributed by atoms with Gasteiger partial charge >= 0.3 is 0 Å². The molecule has 28 heavy (non-hydrogen) atoms. The van der Waals surface area contributed by atoms with Crippen LogP contribution in [0, 0.1) is 0 Å². The van der Waals surface area contributed by atoms with E-state index >= 15 is 0 Å². The molecule has 1 aliphatic rings. The minimum atomic E-state index is -3.57. The molecule has 0 aliphatic carbocycles. The number of halogens is 1. The Bertz CT molecular complexity index is 1160. The highest BCUT2D eigenvalue weighted by Gasteiger charge is 2.36. The second-order valence-corrected chi connectivity index (χ2v) is 9.55. The molecule has 0 fully saturated rings. The van der Waals surface area contributed by atoms with Gasteiger partial charge in [0.05, 0.1) is 29.5 Å². The number of thiophene rings is 1. The Morgan fingerprint density at radius 2 is 2.14 bits per heavy atom. The van der Waals surface area contributed by atoms with Crippen LogP contribution in [0.4, 0.5) is 0 Å². The molecule has 0 N–H and O–H groups in total. The summed E-state index contributed by atoms with van der Waals surface area (Å²) in [5, 5.41) is 7.42. The molecule has 0 amide bonds. The maximum atomic E-state index is 12.4. The predicted molar refractivity (Wildman–Crippen MR) is 113 cm³/mol. The lowest BCUT2D eigenvalue weighted by molar-refractivity contribution is 0.343. The van der Waals surface area contributed by atoms with Crippen LogP contribution in [0.25, 0.3) is 10.9 Å². The van der Waals surface area contributed by atoms with Crippen molar-refractivity contribution >= 4 is 49.6 Å². The molecule has 4 rings (SSSR count). The molecule has 3 heterocycles. The molecule has 3 aromatic rings. The molecule has 2 aromatic heterocycles. The van der Waals surface area contributed by atoms with E-state index in [4.69, 9.17) is 16.3 Å². The fourth-order valence-corrected chi connectivity index (χ4v) is 5.17. The highest BCUT2D eigenvalue weighted by Crippen LogP contribution is 2.40. The van der Waals surface area contributed by atoms with E-state index in [2.05, 4.69) is 10.1 Å². The molecule has 0 spiro atoms. The van der Waals surface area contributed by atoms with Crippen molar-refractivity contribution in [2.45, 2.75) is 19.4 Å². The monoisotopic (exact) mass is 435 g/mol. The summed E-state index contributed by atoms with van der Waals surface area (Å²) in [7, 11) is -3.57. The van der Waals surface area contributed by atoms with Gasteiger partial charge in [0.1, 0.15) is 16.4 Å². The number of hydrogen-bond donors (Lipinski definition) is 0. The van der Waals surface area contributed by atoms with Gasteiger partial charge < -0.3 is 4.74 Å². The highest BCUT2D eigenvalue weighted by atomic mass is 35.5. The van der Waals surface area contributed by atoms with Crippen LogP contribution < -0.4 is 4.74 Å². The number of fused-ring (bicyclic) bond motifs is 1. The summed E-state index contributed by atoms with van der Waals surface area (Å²) in [6, 6.07) is 10.8. The fraction of sp³-hybridized carbons (Fsp3) is 0.263. The highest BCUT2D eigenvalue weighted by molar-refractivity contribution is 7.88. The number of sulfonamides is 1. The minimum absolute atomic E-state index is 0.251. The normalized spacial score (nSPS) is 17.2. The summed E-state index contributed by atoms with van der Waals surface area (Å²) in [6.45, 7) is 2.42. The van der Waals surface area contributed by atoms with Crippen molar-refractivity contribution in [2.75, 3.05) is 12.9 Å². The summed E-state index contributed by atoms with van der Waals surface area (Å²) >= 11 is 8.03. The summed E-state index contributed by atoms with van der Waals surface area (Å²) < 4.78 is 31.5. The molecule has 1 aliphatic heterocycles. The molecule has 0 radical (unpaired) electrons. The number of hydrazone groups is 1. The van der Waals surface area contributed by atoms with Crippen LogP contribution >= 0.6 is 22.9 Å². The Morgan fingerprint density at radius 3 is 2.82 bits per heavy atom. The molecule has 6 nitrogen and oxygen atoms in total. The lowest BCUT2D eigenvalue weighted by Crippen LogP contribution is -2.26. The Kier molecular flexibility index (Phi) is 5.03. The molecule has 0 saturated heterocycles. The Labute approximate surface area is 172 Å². The van der Waals surface area contributed by atoms with E-state index in [-0.39, 0.29) is 5.15 Å². The number of pyridine rings is 1. The van der Waals surface area contributed by atoms with Crippen molar-refractivity contribution in [1.82, 2.24) is 9.40 Å². The van der Waals surface area contributed by atoms with Gasteiger partial charge in [-0.3, -0.25) is 0 Å². The summed E-state index contributed by atoms with van der Waals surface area (Å²) in [6.07, 6.45) is 1.59. The van der Waals surface area contributed by atoms with Crippen LogP contribution in [0.1, 0.15) is 29.8 Å². The van der Waals surface area contributed by atoms with E-state index in [1.165, 1.54) is 11.3 Å². The van der Waals surface area contributed by atoms with Crippen molar-refractivity contribution in [3.63, 3.8) is 0 Å².